The van der Waals surface area contributed by atoms with E-state index in [-0.39, 0.29) is 12.2 Å². The van der Waals surface area contributed by atoms with Crippen LogP contribution in [-0.2, 0) is 0 Å². The highest BCUT2D eigenvalue weighted by Gasteiger charge is 2.38. The van der Waals surface area contributed by atoms with Crippen molar-refractivity contribution in [1.82, 2.24) is 5.32 Å². The average Bonchev–Trinajstić information content (AvgIpc) is 2.74. The van der Waals surface area contributed by atoms with Gasteiger partial charge in [-0.25, -0.2) is 0 Å². The summed E-state index contributed by atoms with van der Waals surface area (Å²) < 4.78 is 0. The molecular formula is C15H14N3OS. The Morgan fingerprint density at radius 2 is 1.95 bits per heavy atom. The van der Waals surface area contributed by atoms with Crippen LogP contribution in [0.3, 0.4) is 0 Å². The lowest BCUT2D eigenvalue weighted by Gasteiger charge is -2.20. The van der Waals surface area contributed by atoms with Crippen LogP contribution in [0.15, 0.2) is 53.4 Å². The fraction of sp³-hybridized carbons (Fsp3) is 0.133. The lowest BCUT2D eigenvalue weighted by molar-refractivity contribution is 0.0967. The van der Waals surface area contributed by atoms with E-state index in [1.807, 2.05) is 30.3 Å². The number of hydrogen-bond acceptors (Lipinski definition) is 4. The van der Waals surface area contributed by atoms with E-state index in [9.17, 15) is 4.79 Å². The second kappa shape index (κ2) is 4.85. The lowest BCUT2D eigenvalue weighted by Crippen LogP contribution is -2.42. The number of hydrogen-bond donors (Lipinski definition) is 2. The number of anilines is 1. The van der Waals surface area contributed by atoms with Crippen molar-refractivity contribution >= 4 is 28.9 Å². The second-order valence-corrected chi connectivity index (χ2v) is 6.10. The van der Waals surface area contributed by atoms with E-state index in [1.54, 1.807) is 18.2 Å². The number of carbonyl (C=O) groups is 1. The van der Waals surface area contributed by atoms with Gasteiger partial charge in [-0.2, -0.15) is 0 Å². The lowest BCUT2D eigenvalue weighted by atomic mass is 10.1. The van der Waals surface area contributed by atoms with Gasteiger partial charge in [0.05, 0.1) is 12.1 Å². The van der Waals surface area contributed by atoms with Crippen molar-refractivity contribution in [2.45, 2.75) is 16.3 Å². The van der Waals surface area contributed by atoms with Crippen molar-refractivity contribution in [3.8, 4) is 0 Å². The summed E-state index contributed by atoms with van der Waals surface area (Å²) >= 11 is 1.39. The van der Waals surface area contributed by atoms with E-state index >= 15 is 0 Å². The number of ketones is 1. The van der Waals surface area contributed by atoms with Gasteiger partial charge in [0.1, 0.15) is 0 Å². The molecule has 4 N–H and O–H groups in total. The maximum Gasteiger partial charge on any atom is 0.167 e. The van der Waals surface area contributed by atoms with Gasteiger partial charge < -0.3 is 5.73 Å². The molecule has 4 nitrogen and oxygen atoms in total. The Hall–Kier alpha value is -1.98. The maximum atomic E-state index is 12.2. The van der Waals surface area contributed by atoms with Crippen molar-refractivity contribution in [2.24, 2.45) is 5.73 Å². The van der Waals surface area contributed by atoms with E-state index < -0.39 is 4.99 Å². The number of carbonyl (C=O) groups excluding carboxylic acids is 1. The quantitative estimate of drug-likeness (QED) is 0.670. The van der Waals surface area contributed by atoms with E-state index in [0.717, 1.165) is 10.6 Å². The van der Waals surface area contributed by atoms with Crippen molar-refractivity contribution in [1.29, 1.82) is 0 Å². The van der Waals surface area contributed by atoms with Crippen molar-refractivity contribution in [3.05, 3.63) is 54.1 Å². The zero-order valence-corrected chi connectivity index (χ0v) is 11.6. The van der Waals surface area contributed by atoms with Gasteiger partial charge in [0.15, 0.2) is 10.8 Å². The van der Waals surface area contributed by atoms with Crippen molar-refractivity contribution in [2.75, 3.05) is 5.73 Å². The summed E-state index contributed by atoms with van der Waals surface area (Å²) in [6.07, 6.45) is 0.163. The third kappa shape index (κ3) is 2.50. The molecule has 1 aliphatic rings. The molecule has 101 valence electrons. The minimum absolute atomic E-state index is 0.00914. The molecule has 0 spiro atoms. The molecule has 0 saturated carbocycles. The van der Waals surface area contributed by atoms with E-state index in [2.05, 4.69) is 5.32 Å². The first kappa shape index (κ1) is 13.0. The van der Waals surface area contributed by atoms with Crippen LogP contribution >= 0.6 is 11.8 Å². The Morgan fingerprint density at radius 3 is 2.70 bits per heavy atom. The van der Waals surface area contributed by atoms with Crippen LogP contribution in [0.2, 0.25) is 0 Å². The average molecular weight is 284 g/mol. The zero-order chi connectivity index (χ0) is 14.2. The summed E-state index contributed by atoms with van der Waals surface area (Å²) in [7, 11) is 0. The molecule has 0 aromatic heterocycles. The smallest absolute Gasteiger partial charge is 0.167 e. The minimum atomic E-state index is -0.941. The molecule has 1 radical (unpaired) electrons. The number of nitrogens with zero attached hydrogens (tertiary/aromatic N) is 1. The summed E-state index contributed by atoms with van der Waals surface area (Å²) in [4.78, 5) is 12.2. The summed E-state index contributed by atoms with van der Waals surface area (Å²) in [6, 6.07) is 14.6. The first-order valence-electron chi connectivity index (χ1n) is 6.24. The number of nitrogen functional groups attached to an aromatic ring is 1. The van der Waals surface area contributed by atoms with Gasteiger partial charge in [-0.05, 0) is 18.2 Å². The van der Waals surface area contributed by atoms with Crippen LogP contribution < -0.4 is 16.8 Å². The second-order valence-electron chi connectivity index (χ2n) is 4.75. The normalized spacial score (nSPS) is 20.2. The Bertz CT molecular complexity index is 659. The molecule has 2 aromatic carbocycles. The molecule has 0 saturated heterocycles. The Kier molecular flexibility index (Phi) is 3.16. The molecule has 0 aliphatic carbocycles. The summed E-state index contributed by atoms with van der Waals surface area (Å²) in [5.74, 6) is -0.00914. The molecule has 1 heterocycles. The first-order chi connectivity index (χ1) is 9.56. The molecule has 3 rings (SSSR count). The third-order valence-corrected chi connectivity index (χ3v) is 4.23. The van der Waals surface area contributed by atoms with Gasteiger partial charge in [0, 0.05) is 16.1 Å². The van der Waals surface area contributed by atoms with Gasteiger partial charge in [-0.1, -0.05) is 42.1 Å². The Balaban J connectivity index is 1.78. The molecule has 1 aliphatic heterocycles. The number of thioether (sulfide) groups is 1. The van der Waals surface area contributed by atoms with E-state index in [4.69, 9.17) is 11.5 Å². The van der Waals surface area contributed by atoms with Crippen molar-refractivity contribution < 1.29 is 4.79 Å². The predicted octanol–water partition coefficient (Wildman–Crippen LogP) is 2.50. The van der Waals surface area contributed by atoms with Crippen LogP contribution in [0.1, 0.15) is 16.8 Å². The fourth-order valence-electron chi connectivity index (χ4n) is 2.15. The molecule has 0 fully saturated rings. The molecule has 1 atom stereocenters. The molecule has 20 heavy (non-hydrogen) atoms. The molecule has 0 bridgehead atoms. The van der Waals surface area contributed by atoms with Crippen LogP contribution in [0.4, 0.5) is 11.4 Å². The van der Waals surface area contributed by atoms with Crippen molar-refractivity contribution in [3.63, 3.8) is 0 Å². The highest BCUT2D eigenvalue weighted by molar-refractivity contribution is 8.01. The molecule has 5 heteroatoms. The number of benzene rings is 2. The third-order valence-electron chi connectivity index (χ3n) is 3.09. The molecule has 0 amide bonds. The molecule has 2 aromatic rings. The first-order valence-corrected chi connectivity index (χ1v) is 7.06. The monoisotopic (exact) mass is 284 g/mol. The predicted molar refractivity (Wildman–Crippen MR) is 80.8 cm³/mol. The number of fused-ring (bicyclic) bond motifs is 1. The van der Waals surface area contributed by atoms with Crippen LogP contribution in [0.25, 0.3) is 0 Å². The van der Waals surface area contributed by atoms with Crippen LogP contribution in [-0.4, -0.2) is 10.8 Å². The van der Waals surface area contributed by atoms with E-state index in [0.29, 0.717) is 11.3 Å². The zero-order valence-electron chi connectivity index (χ0n) is 10.7. The van der Waals surface area contributed by atoms with Gasteiger partial charge in [0.25, 0.3) is 0 Å². The molecular weight excluding hydrogens is 270 g/mol. The topological polar surface area (TPSA) is 83.2 Å². The number of rotatable bonds is 3. The standard InChI is InChI=1S/C15H14N3OS/c16-11-6-7-12-14(8-11)20-15(17,18-12)9-13(19)10-4-2-1-3-5-10/h1-8H,9,16-17H2. The SMILES string of the molecule is Nc1ccc2c(c1)SC(N)(CC(=O)c1ccccc1)[N]2. The Labute approximate surface area is 121 Å². The molecule has 1 unspecified atom stereocenters. The minimum Gasteiger partial charge on any atom is -0.399 e. The summed E-state index contributed by atoms with van der Waals surface area (Å²) in [6.45, 7) is 0. The highest BCUT2D eigenvalue weighted by atomic mass is 32.2. The fourth-order valence-corrected chi connectivity index (χ4v) is 3.30. The summed E-state index contributed by atoms with van der Waals surface area (Å²) in [5.41, 5.74) is 14.1. The Morgan fingerprint density at radius 1 is 1.20 bits per heavy atom. The summed E-state index contributed by atoms with van der Waals surface area (Å²) in [5, 5.41) is 4.45. The number of nitrogens with two attached hydrogens (primary N) is 2. The van der Waals surface area contributed by atoms with Gasteiger partial charge in [0.2, 0.25) is 0 Å². The number of Topliss-reactive ketones (excluding diaryl/α,β-unsaturated/α-hetero) is 1. The van der Waals surface area contributed by atoms with E-state index in [1.165, 1.54) is 11.8 Å². The van der Waals surface area contributed by atoms with Gasteiger partial charge in [-0.3, -0.25) is 15.8 Å². The van der Waals surface area contributed by atoms with Gasteiger partial charge in [-0.15, -0.1) is 0 Å². The van der Waals surface area contributed by atoms with Gasteiger partial charge >= 0.3 is 0 Å². The largest absolute Gasteiger partial charge is 0.399 e. The maximum absolute atomic E-state index is 12.2. The highest BCUT2D eigenvalue weighted by Crippen LogP contribution is 2.45. The van der Waals surface area contributed by atoms with Crippen LogP contribution in [0, 0.1) is 0 Å². The van der Waals surface area contributed by atoms with Crippen LogP contribution in [0.5, 0.6) is 0 Å².